The molecular weight excluding hydrogens is 316 g/mol. The van der Waals surface area contributed by atoms with Crippen LogP contribution in [0.1, 0.15) is 0 Å². The molecule has 2 aromatic rings. The number of sulfonamides is 1. The molecule has 2 aromatic carbocycles. The molecule has 0 radical (unpaired) electrons. The highest BCUT2D eigenvalue weighted by molar-refractivity contribution is 9.10. The van der Waals surface area contributed by atoms with E-state index in [1.54, 1.807) is 36.4 Å². The number of halogens is 1. The zero-order valence-electron chi connectivity index (χ0n) is 9.30. The number of hydrogen-bond acceptors (Lipinski definition) is 3. The first-order valence-corrected chi connectivity index (χ1v) is 7.39. The highest BCUT2D eigenvalue weighted by Crippen LogP contribution is 2.26. The number of benzene rings is 2. The van der Waals surface area contributed by atoms with Crippen LogP contribution in [-0.4, -0.2) is 8.42 Å². The second kappa shape index (κ2) is 4.99. The van der Waals surface area contributed by atoms with Crippen LogP contribution in [0, 0.1) is 0 Å². The number of rotatable bonds is 3. The normalized spacial score (nSPS) is 11.2. The summed E-state index contributed by atoms with van der Waals surface area (Å²) in [6.07, 6.45) is 0. The predicted molar refractivity (Wildman–Crippen MR) is 75.8 cm³/mol. The minimum absolute atomic E-state index is 0.153. The Morgan fingerprint density at radius 3 is 2.33 bits per heavy atom. The van der Waals surface area contributed by atoms with Gasteiger partial charge in [-0.15, -0.1) is 0 Å². The first-order chi connectivity index (χ1) is 8.49. The summed E-state index contributed by atoms with van der Waals surface area (Å²) in [5.41, 5.74) is 6.59. The van der Waals surface area contributed by atoms with E-state index < -0.39 is 10.0 Å². The zero-order valence-corrected chi connectivity index (χ0v) is 11.7. The second-order valence-electron chi connectivity index (χ2n) is 3.66. The van der Waals surface area contributed by atoms with Crippen molar-refractivity contribution in [1.82, 2.24) is 0 Å². The maximum absolute atomic E-state index is 12.2. The highest BCUT2D eigenvalue weighted by Gasteiger charge is 2.17. The molecule has 0 atom stereocenters. The van der Waals surface area contributed by atoms with E-state index in [9.17, 15) is 8.42 Å². The van der Waals surface area contributed by atoms with Gasteiger partial charge in [-0.25, -0.2) is 8.42 Å². The SMILES string of the molecule is Nc1ccc(S(=O)(=O)Nc2ccccc2)c(Br)c1. The van der Waals surface area contributed by atoms with Gasteiger partial charge in [-0.1, -0.05) is 18.2 Å². The van der Waals surface area contributed by atoms with Gasteiger partial charge in [0.05, 0.1) is 0 Å². The van der Waals surface area contributed by atoms with Crippen molar-refractivity contribution in [2.24, 2.45) is 0 Å². The van der Waals surface area contributed by atoms with Gasteiger partial charge >= 0.3 is 0 Å². The third kappa shape index (κ3) is 2.83. The van der Waals surface area contributed by atoms with Crippen molar-refractivity contribution < 1.29 is 8.42 Å². The van der Waals surface area contributed by atoms with Crippen molar-refractivity contribution in [3.8, 4) is 0 Å². The largest absolute Gasteiger partial charge is 0.399 e. The molecule has 0 aliphatic rings. The smallest absolute Gasteiger partial charge is 0.263 e. The summed E-state index contributed by atoms with van der Waals surface area (Å²) in [5, 5.41) is 0. The van der Waals surface area contributed by atoms with E-state index in [0.717, 1.165) is 0 Å². The molecule has 0 aliphatic carbocycles. The Bertz CT molecular complexity index is 657. The van der Waals surface area contributed by atoms with Crippen LogP contribution in [0.2, 0.25) is 0 Å². The molecule has 0 saturated heterocycles. The molecule has 18 heavy (non-hydrogen) atoms. The quantitative estimate of drug-likeness (QED) is 0.852. The topological polar surface area (TPSA) is 72.2 Å². The standard InChI is InChI=1S/C12H11BrN2O2S/c13-11-8-9(14)6-7-12(11)18(16,17)15-10-4-2-1-3-5-10/h1-8,15H,14H2. The van der Waals surface area contributed by atoms with Crippen LogP contribution in [0.4, 0.5) is 11.4 Å². The van der Waals surface area contributed by atoms with Crippen LogP contribution in [-0.2, 0) is 10.0 Å². The average molecular weight is 327 g/mol. The molecule has 0 bridgehead atoms. The fourth-order valence-electron chi connectivity index (χ4n) is 1.45. The third-order valence-corrected chi connectivity index (χ3v) is 4.63. The number of nitrogens with one attached hydrogen (secondary N) is 1. The van der Waals surface area contributed by atoms with Crippen molar-refractivity contribution in [1.29, 1.82) is 0 Å². The predicted octanol–water partition coefficient (Wildman–Crippen LogP) is 2.83. The molecule has 6 heteroatoms. The summed E-state index contributed by atoms with van der Waals surface area (Å²) >= 11 is 3.20. The number of hydrogen-bond donors (Lipinski definition) is 2. The number of anilines is 2. The van der Waals surface area contributed by atoms with Gasteiger partial charge in [0.15, 0.2) is 0 Å². The molecule has 3 N–H and O–H groups in total. The van der Waals surface area contributed by atoms with Crippen LogP contribution in [0.15, 0.2) is 57.9 Å². The van der Waals surface area contributed by atoms with Crippen molar-refractivity contribution in [2.45, 2.75) is 4.90 Å². The Kier molecular flexibility index (Phi) is 3.58. The minimum Gasteiger partial charge on any atom is -0.399 e. The van der Waals surface area contributed by atoms with Gasteiger partial charge in [-0.05, 0) is 46.3 Å². The monoisotopic (exact) mass is 326 g/mol. The van der Waals surface area contributed by atoms with Crippen LogP contribution in [0.5, 0.6) is 0 Å². The van der Waals surface area contributed by atoms with Crippen molar-refractivity contribution in [3.63, 3.8) is 0 Å². The van der Waals surface area contributed by atoms with Crippen LogP contribution < -0.4 is 10.5 Å². The fourth-order valence-corrected chi connectivity index (χ4v) is 3.61. The van der Waals surface area contributed by atoms with Crippen molar-refractivity contribution in [2.75, 3.05) is 10.5 Å². The third-order valence-electron chi connectivity index (χ3n) is 2.27. The first-order valence-electron chi connectivity index (χ1n) is 5.12. The Morgan fingerprint density at radius 1 is 1.06 bits per heavy atom. The maximum atomic E-state index is 12.2. The maximum Gasteiger partial charge on any atom is 0.263 e. The number of nitrogen functional groups attached to an aromatic ring is 1. The molecule has 2 rings (SSSR count). The lowest BCUT2D eigenvalue weighted by Gasteiger charge is -2.09. The molecule has 0 unspecified atom stereocenters. The van der Waals surface area contributed by atoms with Crippen LogP contribution in [0.25, 0.3) is 0 Å². The Balaban J connectivity index is 2.37. The molecule has 0 saturated carbocycles. The van der Waals surface area contributed by atoms with E-state index in [1.165, 1.54) is 6.07 Å². The van der Waals surface area contributed by atoms with E-state index in [-0.39, 0.29) is 4.90 Å². The molecule has 0 heterocycles. The number of para-hydroxylation sites is 1. The Hall–Kier alpha value is -1.53. The Morgan fingerprint density at radius 2 is 1.72 bits per heavy atom. The lowest BCUT2D eigenvalue weighted by Crippen LogP contribution is -2.13. The molecule has 0 fully saturated rings. The number of nitrogens with two attached hydrogens (primary N) is 1. The molecule has 94 valence electrons. The molecular formula is C12H11BrN2O2S. The van der Waals surface area contributed by atoms with Gasteiger partial charge in [0.1, 0.15) is 4.90 Å². The van der Waals surface area contributed by atoms with E-state index in [1.807, 2.05) is 6.07 Å². The van der Waals surface area contributed by atoms with Crippen molar-refractivity contribution >= 4 is 37.3 Å². The van der Waals surface area contributed by atoms with E-state index >= 15 is 0 Å². The molecule has 0 aromatic heterocycles. The lowest BCUT2D eigenvalue weighted by molar-refractivity contribution is 0.601. The van der Waals surface area contributed by atoms with Gasteiger partial charge in [0.2, 0.25) is 0 Å². The minimum atomic E-state index is -3.61. The molecule has 0 amide bonds. The lowest BCUT2D eigenvalue weighted by atomic mass is 10.3. The summed E-state index contributed by atoms with van der Waals surface area (Å²) < 4.78 is 27.2. The van der Waals surface area contributed by atoms with Gasteiger partial charge in [0.25, 0.3) is 10.0 Å². The van der Waals surface area contributed by atoms with Gasteiger partial charge in [-0.2, -0.15) is 0 Å². The molecule has 0 spiro atoms. The summed E-state index contributed by atoms with van der Waals surface area (Å²) in [6, 6.07) is 13.3. The first kappa shape index (κ1) is 12.9. The fraction of sp³-hybridized carbons (Fsp3) is 0. The summed E-state index contributed by atoms with van der Waals surface area (Å²) in [5.74, 6) is 0. The summed E-state index contributed by atoms with van der Waals surface area (Å²) in [4.78, 5) is 0.153. The van der Waals surface area contributed by atoms with E-state index in [4.69, 9.17) is 5.73 Å². The summed E-state index contributed by atoms with van der Waals surface area (Å²) in [7, 11) is -3.61. The highest BCUT2D eigenvalue weighted by atomic mass is 79.9. The summed E-state index contributed by atoms with van der Waals surface area (Å²) in [6.45, 7) is 0. The van der Waals surface area contributed by atoms with Crippen LogP contribution >= 0.6 is 15.9 Å². The van der Waals surface area contributed by atoms with Crippen LogP contribution in [0.3, 0.4) is 0 Å². The van der Waals surface area contributed by atoms with E-state index in [2.05, 4.69) is 20.7 Å². The van der Waals surface area contributed by atoms with E-state index in [0.29, 0.717) is 15.8 Å². The van der Waals surface area contributed by atoms with Gasteiger partial charge in [-0.3, -0.25) is 4.72 Å². The molecule has 0 aliphatic heterocycles. The molecule has 4 nitrogen and oxygen atoms in total. The zero-order chi connectivity index (χ0) is 13.2. The van der Waals surface area contributed by atoms with Gasteiger partial charge < -0.3 is 5.73 Å². The second-order valence-corrected chi connectivity index (χ2v) is 6.17. The Labute approximate surface area is 114 Å². The van der Waals surface area contributed by atoms with Crippen molar-refractivity contribution in [3.05, 3.63) is 53.0 Å². The average Bonchev–Trinajstić information content (AvgIpc) is 2.29. The van der Waals surface area contributed by atoms with Gasteiger partial charge in [0, 0.05) is 15.8 Å².